The van der Waals surface area contributed by atoms with Crippen LogP contribution < -0.4 is 4.90 Å². The number of ether oxygens (including phenoxy) is 1. The van der Waals surface area contributed by atoms with E-state index in [4.69, 9.17) is 9.84 Å². The van der Waals surface area contributed by atoms with E-state index in [2.05, 4.69) is 4.98 Å². The minimum atomic E-state index is -4.80. The van der Waals surface area contributed by atoms with Crippen LogP contribution in [-0.2, 0) is 10.9 Å². The Bertz CT molecular complexity index is 693. The molecule has 0 atom stereocenters. The van der Waals surface area contributed by atoms with E-state index in [1.165, 1.54) is 4.90 Å². The molecule has 1 N–H and O–H groups in total. The fourth-order valence-electron chi connectivity index (χ4n) is 2.46. The highest BCUT2D eigenvalue weighted by atomic mass is 19.4. The molecule has 1 saturated heterocycles. The van der Waals surface area contributed by atoms with Gasteiger partial charge in [-0.1, -0.05) is 0 Å². The van der Waals surface area contributed by atoms with Crippen LogP contribution in [0.4, 0.5) is 23.8 Å². The number of aromatic nitrogens is 1. The van der Waals surface area contributed by atoms with Crippen molar-refractivity contribution < 1.29 is 32.6 Å². The molecule has 2 heterocycles. The van der Waals surface area contributed by atoms with Crippen LogP contribution in [0.3, 0.4) is 0 Å². The van der Waals surface area contributed by atoms with Gasteiger partial charge in [-0.15, -0.1) is 0 Å². The monoisotopic (exact) mass is 375 g/mol. The van der Waals surface area contributed by atoms with Crippen LogP contribution >= 0.6 is 0 Å². The highest BCUT2D eigenvalue weighted by Crippen LogP contribution is 2.33. The molecule has 1 aliphatic heterocycles. The molecule has 1 fully saturated rings. The van der Waals surface area contributed by atoms with Crippen molar-refractivity contribution in [1.29, 1.82) is 0 Å². The van der Waals surface area contributed by atoms with Crippen LogP contribution in [0, 0.1) is 0 Å². The number of amides is 1. The number of anilines is 1. The minimum absolute atomic E-state index is 0.124. The van der Waals surface area contributed by atoms with Gasteiger partial charge in [0.1, 0.15) is 11.4 Å². The van der Waals surface area contributed by atoms with Crippen molar-refractivity contribution >= 4 is 17.9 Å². The first-order valence-electron chi connectivity index (χ1n) is 7.92. The zero-order valence-electron chi connectivity index (χ0n) is 14.6. The average Bonchev–Trinajstić information content (AvgIpc) is 2.52. The second-order valence-corrected chi connectivity index (χ2v) is 6.85. The van der Waals surface area contributed by atoms with E-state index < -0.39 is 35.0 Å². The maximum atomic E-state index is 12.9. The van der Waals surface area contributed by atoms with Crippen molar-refractivity contribution in [3.8, 4) is 0 Å². The van der Waals surface area contributed by atoms with Crippen LogP contribution in [0.2, 0.25) is 0 Å². The highest BCUT2D eigenvalue weighted by Gasteiger charge is 2.36. The smallest absolute Gasteiger partial charge is 0.418 e. The van der Waals surface area contributed by atoms with Gasteiger partial charge < -0.3 is 19.6 Å². The number of alkyl halides is 3. The van der Waals surface area contributed by atoms with Gasteiger partial charge in [-0.2, -0.15) is 13.2 Å². The molecular formula is C16H20F3N3O4. The highest BCUT2D eigenvalue weighted by molar-refractivity contribution is 5.90. The molecule has 7 nitrogen and oxygen atoms in total. The SMILES string of the molecule is CC(C)(C)OC(=O)N1CCN(c2cc(C(=O)O)c(C(F)(F)F)cn2)CC1. The van der Waals surface area contributed by atoms with Gasteiger partial charge in [-0.25, -0.2) is 14.6 Å². The van der Waals surface area contributed by atoms with Crippen LogP contribution in [0.15, 0.2) is 12.3 Å². The second kappa shape index (κ2) is 7.00. The normalized spacial score (nSPS) is 15.8. The molecule has 0 spiro atoms. The number of piperazine rings is 1. The Balaban J connectivity index is 2.11. The first-order chi connectivity index (χ1) is 11.9. The molecule has 0 bridgehead atoms. The van der Waals surface area contributed by atoms with Crippen molar-refractivity contribution in [1.82, 2.24) is 9.88 Å². The van der Waals surface area contributed by atoms with E-state index in [1.54, 1.807) is 25.7 Å². The summed E-state index contributed by atoms with van der Waals surface area (Å²) >= 11 is 0. The molecule has 10 heteroatoms. The third-order valence-electron chi connectivity index (χ3n) is 3.68. The summed E-state index contributed by atoms with van der Waals surface area (Å²) in [4.78, 5) is 30.1. The number of carbonyl (C=O) groups is 2. The fraction of sp³-hybridized carbons (Fsp3) is 0.562. The van der Waals surface area contributed by atoms with Crippen molar-refractivity contribution in [3.63, 3.8) is 0 Å². The Hall–Kier alpha value is -2.52. The maximum Gasteiger partial charge on any atom is 0.418 e. The third kappa shape index (κ3) is 4.77. The Morgan fingerprint density at radius 1 is 1.15 bits per heavy atom. The largest absolute Gasteiger partial charge is 0.478 e. The Morgan fingerprint density at radius 2 is 1.73 bits per heavy atom. The summed E-state index contributed by atoms with van der Waals surface area (Å²) < 4.78 is 43.9. The van der Waals surface area contributed by atoms with Gasteiger partial charge in [-0.3, -0.25) is 0 Å². The molecular weight excluding hydrogens is 355 g/mol. The molecule has 0 radical (unpaired) electrons. The summed E-state index contributed by atoms with van der Waals surface area (Å²) in [6.07, 6.45) is -4.74. The van der Waals surface area contributed by atoms with Crippen molar-refractivity contribution in [2.75, 3.05) is 31.1 Å². The van der Waals surface area contributed by atoms with E-state index in [1.807, 2.05) is 0 Å². The molecule has 0 unspecified atom stereocenters. The van der Waals surface area contributed by atoms with Gasteiger partial charge in [0.25, 0.3) is 0 Å². The number of nitrogens with zero attached hydrogens (tertiary/aromatic N) is 3. The molecule has 1 amide bonds. The number of pyridine rings is 1. The number of rotatable bonds is 2. The first kappa shape index (κ1) is 19.8. The number of hydrogen-bond acceptors (Lipinski definition) is 5. The van der Waals surface area contributed by atoms with Crippen molar-refractivity contribution in [2.24, 2.45) is 0 Å². The lowest BCUT2D eigenvalue weighted by atomic mass is 10.1. The molecule has 144 valence electrons. The zero-order chi connectivity index (χ0) is 19.7. The van der Waals surface area contributed by atoms with E-state index in [0.717, 1.165) is 6.07 Å². The van der Waals surface area contributed by atoms with Gasteiger partial charge in [-0.05, 0) is 26.8 Å². The van der Waals surface area contributed by atoms with Crippen LogP contribution in [-0.4, -0.2) is 58.8 Å². The zero-order valence-corrected chi connectivity index (χ0v) is 14.6. The van der Waals surface area contributed by atoms with Crippen LogP contribution in [0.1, 0.15) is 36.7 Å². The summed E-state index contributed by atoms with van der Waals surface area (Å²) in [6, 6.07) is 0.911. The van der Waals surface area contributed by atoms with Crippen LogP contribution in [0.5, 0.6) is 0 Å². The summed E-state index contributed by atoms with van der Waals surface area (Å²) in [5.41, 5.74) is -2.77. The molecule has 0 aliphatic carbocycles. The fourth-order valence-corrected chi connectivity index (χ4v) is 2.46. The molecule has 1 aromatic heterocycles. The molecule has 2 rings (SSSR count). The topological polar surface area (TPSA) is 83.0 Å². The number of aromatic carboxylic acids is 1. The Kier molecular flexibility index (Phi) is 5.33. The Morgan fingerprint density at radius 3 is 2.19 bits per heavy atom. The second-order valence-electron chi connectivity index (χ2n) is 6.85. The summed E-state index contributed by atoms with van der Waals surface area (Å²) in [5, 5.41) is 9.06. The number of halogens is 3. The molecule has 26 heavy (non-hydrogen) atoms. The lowest BCUT2D eigenvalue weighted by Crippen LogP contribution is -2.50. The number of carboxylic acid groups (broad SMARTS) is 1. The van der Waals surface area contributed by atoms with E-state index >= 15 is 0 Å². The van der Waals surface area contributed by atoms with E-state index in [9.17, 15) is 22.8 Å². The number of carbonyl (C=O) groups excluding carboxylic acids is 1. The van der Waals surface area contributed by atoms with Gasteiger partial charge in [0.15, 0.2) is 0 Å². The van der Waals surface area contributed by atoms with Gasteiger partial charge in [0, 0.05) is 32.4 Å². The molecule has 1 aliphatic rings. The third-order valence-corrected chi connectivity index (χ3v) is 3.68. The maximum absolute atomic E-state index is 12.9. The Labute approximate surface area is 148 Å². The van der Waals surface area contributed by atoms with E-state index in [-0.39, 0.29) is 5.82 Å². The number of carboxylic acids is 1. The van der Waals surface area contributed by atoms with Crippen LogP contribution in [0.25, 0.3) is 0 Å². The number of hydrogen-bond donors (Lipinski definition) is 1. The minimum Gasteiger partial charge on any atom is -0.478 e. The molecule has 0 aromatic carbocycles. The molecule has 1 aromatic rings. The lowest BCUT2D eigenvalue weighted by molar-refractivity contribution is -0.138. The molecule has 0 saturated carbocycles. The first-order valence-corrected chi connectivity index (χ1v) is 7.92. The quantitative estimate of drug-likeness (QED) is 0.856. The van der Waals surface area contributed by atoms with Gasteiger partial charge in [0.2, 0.25) is 0 Å². The lowest BCUT2D eigenvalue weighted by Gasteiger charge is -2.36. The van der Waals surface area contributed by atoms with Crippen molar-refractivity contribution in [2.45, 2.75) is 32.5 Å². The van der Waals surface area contributed by atoms with Gasteiger partial charge >= 0.3 is 18.2 Å². The van der Waals surface area contributed by atoms with Crippen molar-refractivity contribution in [3.05, 3.63) is 23.4 Å². The predicted molar refractivity (Wildman–Crippen MR) is 86.2 cm³/mol. The standard InChI is InChI=1S/C16H20F3N3O4/c1-15(2,3)26-14(25)22-6-4-21(5-7-22)12-8-10(13(23)24)11(9-20-12)16(17,18)19/h8-9H,4-7H2,1-3H3,(H,23,24). The summed E-state index contributed by atoms with van der Waals surface area (Å²) in [6.45, 7) is 6.44. The predicted octanol–water partition coefficient (Wildman–Crippen LogP) is 2.86. The van der Waals surface area contributed by atoms with E-state index in [0.29, 0.717) is 32.4 Å². The summed E-state index contributed by atoms with van der Waals surface area (Å²) in [5.74, 6) is -1.55. The average molecular weight is 375 g/mol. The van der Waals surface area contributed by atoms with Gasteiger partial charge in [0.05, 0.1) is 11.1 Å². The summed E-state index contributed by atoms with van der Waals surface area (Å²) in [7, 11) is 0.